The van der Waals surface area contributed by atoms with E-state index >= 15 is 0 Å². The second-order valence-corrected chi connectivity index (χ2v) is 7.39. The van der Waals surface area contributed by atoms with Gasteiger partial charge >= 0.3 is 0 Å². The summed E-state index contributed by atoms with van der Waals surface area (Å²) in [5, 5.41) is 0. The van der Waals surface area contributed by atoms with E-state index < -0.39 is 0 Å². The fourth-order valence-corrected chi connectivity index (χ4v) is 4.47. The number of piperazine rings is 1. The van der Waals surface area contributed by atoms with E-state index in [1.165, 1.54) is 45.4 Å². The molecule has 0 aromatic carbocycles. The quantitative estimate of drug-likeness (QED) is 0.743. The lowest BCUT2D eigenvalue weighted by atomic mass is 9.35. The van der Waals surface area contributed by atoms with Crippen LogP contribution in [0.5, 0.6) is 0 Å². The average molecular weight is 236 g/mol. The SMILES string of the molecule is CC(C)N1CCN(C23CC(C(C)C)(C2)C3)CC1. The monoisotopic (exact) mass is 236 g/mol. The summed E-state index contributed by atoms with van der Waals surface area (Å²) in [6.07, 6.45) is 4.50. The highest BCUT2D eigenvalue weighted by molar-refractivity contribution is 5.24. The zero-order valence-electron chi connectivity index (χ0n) is 12.0. The van der Waals surface area contributed by atoms with Gasteiger partial charge in [-0.15, -0.1) is 0 Å². The third-order valence-electron chi connectivity index (χ3n) is 5.98. The van der Waals surface area contributed by atoms with Gasteiger partial charge in [0.25, 0.3) is 0 Å². The number of hydrogen-bond acceptors (Lipinski definition) is 2. The molecule has 0 amide bonds. The van der Waals surface area contributed by atoms with Gasteiger partial charge in [-0.2, -0.15) is 0 Å². The van der Waals surface area contributed by atoms with Gasteiger partial charge in [0, 0.05) is 37.8 Å². The molecule has 2 heteroatoms. The van der Waals surface area contributed by atoms with Crippen LogP contribution in [0.15, 0.2) is 0 Å². The molecule has 0 aromatic rings. The minimum atomic E-state index is 0.660. The maximum atomic E-state index is 2.82. The molecule has 0 aromatic heterocycles. The van der Waals surface area contributed by atoms with E-state index in [0.717, 1.165) is 17.4 Å². The van der Waals surface area contributed by atoms with Crippen molar-refractivity contribution >= 4 is 0 Å². The molecular weight excluding hydrogens is 208 g/mol. The molecule has 0 radical (unpaired) electrons. The van der Waals surface area contributed by atoms with Gasteiger partial charge < -0.3 is 0 Å². The van der Waals surface area contributed by atoms with Crippen molar-refractivity contribution in [2.24, 2.45) is 11.3 Å². The van der Waals surface area contributed by atoms with Crippen molar-refractivity contribution in [3.05, 3.63) is 0 Å². The Balaban J connectivity index is 1.54. The highest BCUT2D eigenvalue weighted by Gasteiger charge is 2.70. The molecule has 3 saturated carbocycles. The number of rotatable bonds is 3. The highest BCUT2D eigenvalue weighted by atomic mass is 15.3. The van der Waals surface area contributed by atoms with Crippen LogP contribution in [-0.4, -0.2) is 47.6 Å². The maximum Gasteiger partial charge on any atom is 0.0226 e. The average Bonchev–Trinajstić information content (AvgIpc) is 2.13. The maximum absolute atomic E-state index is 2.82. The van der Waals surface area contributed by atoms with Gasteiger partial charge in [-0.25, -0.2) is 0 Å². The molecule has 2 bridgehead atoms. The van der Waals surface area contributed by atoms with Crippen LogP contribution in [0.1, 0.15) is 47.0 Å². The lowest BCUT2D eigenvalue weighted by molar-refractivity contribution is -0.247. The van der Waals surface area contributed by atoms with Crippen molar-refractivity contribution in [2.75, 3.05) is 26.2 Å². The van der Waals surface area contributed by atoms with E-state index in [0.29, 0.717) is 5.54 Å². The van der Waals surface area contributed by atoms with Crippen LogP contribution in [-0.2, 0) is 0 Å². The molecule has 0 spiro atoms. The van der Waals surface area contributed by atoms with E-state index in [9.17, 15) is 0 Å². The third kappa shape index (κ3) is 1.60. The molecule has 1 heterocycles. The fourth-order valence-electron chi connectivity index (χ4n) is 4.47. The molecule has 4 rings (SSSR count). The molecule has 0 unspecified atom stereocenters. The summed E-state index contributed by atoms with van der Waals surface area (Å²) in [5.74, 6) is 0.904. The first-order valence-corrected chi connectivity index (χ1v) is 7.47. The molecule has 0 N–H and O–H groups in total. The molecule has 3 aliphatic carbocycles. The van der Waals surface area contributed by atoms with Gasteiger partial charge in [-0.05, 0) is 44.4 Å². The molecular formula is C15H28N2. The Bertz CT molecular complexity index is 280. The lowest BCUT2D eigenvalue weighted by Gasteiger charge is -2.76. The summed E-state index contributed by atoms with van der Waals surface area (Å²) < 4.78 is 0. The number of hydrogen-bond donors (Lipinski definition) is 0. The van der Waals surface area contributed by atoms with E-state index in [1.54, 1.807) is 0 Å². The Morgan fingerprint density at radius 3 is 1.76 bits per heavy atom. The topological polar surface area (TPSA) is 6.48 Å². The van der Waals surface area contributed by atoms with Crippen LogP contribution in [0.2, 0.25) is 0 Å². The molecule has 1 aliphatic heterocycles. The summed E-state index contributed by atoms with van der Waals surface area (Å²) in [6.45, 7) is 14.7. The molecule has 0 atom stereocenters. The molecule has 1 saturated heterocycles. The molecule has 98 valence electrons. The van der Waals surface area contributed by atoms with Crippen molar-refractivity contribution in [2.45, 2.75) is 58.5 Å². The van der Waals surface area contributed by atoms with Gasteiger partial charge in [-0.3, -0.25) is 9.80 Å². The Morgan fingerprint density at radius 1 is 0.824 bits per heavy atom. The summed E-state index contributed by atoms with van der Waals surface area (Å²) in [4.78, 5) is 5.44. The summed E-state index contributed by atoms with van der Waals surface area (Å²) in [5.41, 5.74) is 1.42. The van der Waals surface area contributed by atoms with Crippen molar-refractivity contribution < 1.29 is 0 Å². The van der Waals surface area contributed by atoms with E-state index in [2.05, 4.69) is 37.5 Å². The van der Waals surface area contributed by atoms with Crippen LogP contribution >= 0.6 is 0 Å². The van der Waals surface area contributed by atoms with E-state index in [-0.39, 0.29) is 0 Å². The van der Waals surface area contributed by atoms with Crippen LogP contribution < -0.4 is 0 Å². The molecule has 17 heavy (non-hydrogen) atoms. The van der Waals surface area contributed by atoms with Gasteiger partial charge in [0.1, 0.15) is 0 Å². The standard InChI is InChI=1S/C15H28N2/c1-12(2)14-9-15(10-14,11-14)17-7-5-16(6-8-17)13(3)4/h12-13H,5-11H2,1-4H3. The molecule has 4 aliphatic rings. The Labute approximate surface area is 106 Å². The predicted octanol–water partition coefficient (Wildman–Crippen LogP) is 2.59. The van der Waals surface area contributed by atoms with Gasteiger partial charge in [0.15, 0.2) is 0 Å². The fraction of sp³-hybridized carbons (Fsp3) is 1.00. The third-order valence-corrected chi connectivity index (χ3v) is 5.98. The number of nitrogens with zero attached hydrogens (tertiary/aromatic N) is 2. The second-order valence-electron chi connectivity index (χ2n) is 7.39. The largest absolute Gasteiger partial charge is 0.298 e. The predicted molar refractivity (Wildman–Crippen MR) is 72.1 cm³/mol. The van der Waals surface area contributed by atoms with Gasteiger partial charge in [0.05, 0.1) is 0 Å². The lowest BCUT2D eigenvalue weighted by Crippen LogP contribution is -2.77. The van der Waals surface area contributed by atoms with Crippen LogP contribution in [0.25, 0.3) is 0 Å². The van der Waals surface area contributed by atoms with Crippen LogP contribution in [0.4, 0.5) is 0 Å². The summed E-state index contributed by atoms with van der Waals surface area (Å²) >= 11 is 0. The highest BCUT2D eigenvalue weighted by Crippen LogP contribution is 2.72. The van der Waals surface area contributed by atoms with Crippen molar-refractivity contribution in [3.8, 4) is 0 Å². The molecule has 2 nitrogen and oxygen atoms in total. The van der Waals surface area contributed by atoms with Crippen molar-refractivity contribution in [1.29, 1.82) is 0 Å². The van der Waals surface area contributed by atoms with Crippen LogP contribution in [0.3, 0.4) is 0 Å². The van der Waals surface area contributed by atoms with Crippen LogP contribution in [0, 0.1) is 11.3 Å². The molecule has 4 fully saturated rings. The Kier molecular flexibility index (Phi) is 2.61. The van der Waals surface area contributed by atoms with E-state index in [4.69, 9.17) is 0 Å². The van der Waals surface area contributed by atoms with E-state index in [1.807, 2.05) is 0 Å². The summed E-state index contributed by atoms with van der Waals surface area (Å²) in [7, 11) is 0. The van der Waals surface area contributed by atoms with Gasteiger partial charge in [-0.1, -0.05) is 13.8 Å². The normalized spacial score (nSPS) is 42.7. The first-order valence-electron chi connectivity index (χ1n) is 7.47. The summed E-state index contributed by atoms with van der Waals surface area (Å²) in [6, 6.07) is 0.729. The van der Waals surface area contributed by atoms with Crippen molar-refractivity contribution in [1.82, 2.24) is 9.80 Å². The minimum Gasteiger partial charge on any atom is -0.298 e. The zero-order valence-corrected chi connectivity index (χ0v) is 12.0. The first kappa shape index (κ1) is 12.0. The smallest absolute Gasteiger partial charge is 0.0226 e. The minimum absolute atomic E-state index is 0.660. The van der Waals surface area contributed by atoms with Crippen molar-refractivity contribution in [3.63, 3.8) is 0 Å². The zero-order chi connectivity index (χ0) is 12.3. The second kappa shape index (κ2) is 3.71. The Hall–Kier alpha value is -0.0800. The van der Waals surface area contributed by atoms with Gasteiger partial charge in [0.2, 0.25) is 0 Å². The Morgan fingerprint density at radius 2 is 1.35 bits per heavy atom. The first-order chi connectivity index (χ1) is 7.97.